The monoisotopic (exact) mass is 251 g/mol. The first-order chi connectivity index (χ1) is 8.72. The summed E-state index contributed by atoms with van der Waals surface area (Å²) < 4.78 is 5.51. The molecule has 0 bridgehead atoms. The first kappa shape index (κ1) is 15.2. The molecule has 0 atom stereocenters. The van der Waals surface area contributed by atoms with E-state index in [9.17, 15) is 0 Å². The van der Waals surface area contributed by atoms with E-state index in [4.69, 9.17) is 9.84 Å². The van der Waals surface area contributed by atoms with Crippen LogP contribution in [0.3, 0.4) is 0 Å². The lowest BCUT2D eigenvalue weighted by Gasteiger charge is -2.08. The van der Waals surface area contributed by atoms with Crippen LogP contribution in [0.4, 0.5) is 0 Å². The van der Waals surface area contributed by atoms with Gasteiger partial charge in [-0.3, -0.25) is 0 Å². The minimum absolute atomic E-state index is 0.112. The van der Waals surface area contributed by atoms with Crippen molar-refractivity contribution in [3.63, 3.8) is 0 Å². The van der Waals surface area contributed by atoms with Crippen molar-refractivity contribution < 1.29 is 9.84 Å². The highest BCUT2D eigenvalue weighted by Crippen LogP contribution is 2.03. The number of rotatable bonds is 9. The van der Waals surface area contributed by atoms with Gasteiger partial charge in [-0.15, -0.1) is 0 Å². The normalized spacial score (nSPS) is 11.1. The van der Waals surface area contributed by atoms with Gasteiger partial charge in [0.1, 0.15) is 0 Å². The summed E-state index contributed by atoms with van der Waals surface area (Å²) in [6.45, 7) is 7.95. The summed E-state index contributed by atoms with van der Waals surface area (Å²) in [4.78, 5) is 0. The van der Waals surface area contributed by atoms with Crippen LogP contribution in [-0.2, 0) is 17.9 Å². The van der Waals surface area contributed by atoms with Gasteiger partial charge >= 0.3 is 0 Å². The Morgan fingerprint density at radius 3 is 2.44 bits per heavy atom. The van der Waals surface area contributed by atoms with Crippen LogP contribution >= 0.6 is 0 Å². The Morgan fingerprint density at radius 2 is 1.83 bits per heavy atom. The number of ether oxygens (including phenoxy) is 1. The van der Waals surface area contributed by atoms with E-state index in [1.165, 1.54) is 5.56 Å². The predicted octanol–water partition coefficient (Wildman–Crippen LogP) is 2.33. The third-order valence-electron chi connectivity index (χ3n) is 2.63. The van der Waals surface area contributed by atoms with Gasteiger partial charge in [0.25, 0.3) is 0 Å². The molecule has 0 saturated carbocycles. The van der Waals surface area contributed by atoms with Crippen LogP contribution in [0.15, 0.2) is 24.3 Å². The molecule has 0 aromatic heterocycles. The van der Waals surface area contributed by atoms with Gasteiger partial charge in [0, 0.05) is 19.8 Å². The summed E-state index contributed by atoms with van der Waals surface area (Å²) in [6, 6.07) is 8.02. The van der Waals surface area contributed by atoms with Crippen LogP contribution in [0.25, 0.3) is 0 Å². The Balaban J connectivity index is 2.03. The van der Waals surface area contributed by atoms with Gasteiger partial charge in [0.15, 0.2) is 0 Å². The first-order valence-electron chi connectivity index (χ1n) is 6.69. The fourth-order valence-corrected chi connectivity index (χ4v) is 1.61. The third-order valence-corrected chi connectivity index (χ3v) is 2.63. The molecule has 102 valence electrons. The summed E-state index contributed by atoms with van der Waals surface area (Å²) in [5.41, 5.74) is 2.20. The van der Waals surface area contributed by atoms with E-state index >= 15 is 0 Å². The van der Waals surface area contributed by atoms with E-state index in [0.717, 1.165) is 38.3 Å². The Labute approximate surface area is 110 Å². The average Bonchev–Trinajstić information content (AvgIpc) is 2.38. The first-order valence-corrected chi connectivity index (χ1v) is 6.69. The van der Waals surface area contributed by atoms with Crippen molar-refractivity contribution in [3.8, 4) is 0 Å². The Kier molecular flexibility index (Phi) is 7.65. The molecular weight excluding hydrogens is 226 g/mol. The molecule has 0 spiro atoms. The summed E-state index contributed by atoms with van der Waals surface area (Å²) in [5, 5.41) is 12.3. The molecule has 3 heteroatoms. The molecule has 1 aromatic rings. The van der Waals surface area contributed by atoms with Crippen molar-refractivity contribution in [1.29, 1.82) is 0 Å². The maximum Gasteiger partial charge on any atom is 0.0681 e. The minimum Gasteiger partial charge on any atom is -0.392 e. The number of aliphatic hydroxyl groups excluding tert-OH is 1. The smallest absolute Gasteiger partial charge is 0.0681 e. The number of nitrogens with one attached hydrogen (secondary N) is 1. The highest BCUT2D eigenvalue weighted by Gasteiger charge is 1.95. The van der Waals surface area contributed by atoms with Crippen LogP contribution in [0.5, 0.6) is 0 Å². The van der Waals surface area contributed by atoms with Crippen LogP contribution < -0.4 is 5.32 Å². The van der Waals surface area contributed by atoms with Gasteiger partial charge in [0.05, 0.1) is 6.61 Å². The molecule has 18 heavy (non-hydrogen) atoms. The number of hydrogen-bond donors (Lipinski definition) is 2. The molecule has 0 fully saturated rings. The van der Waals surface area contributed by atoms with Crippen molar-refractivity contribution >= 4 is 0 Å². The molecule has 0 radical (unpaired) electrons. The van der Waals surface area contributed by atoms with Gasteiger partial charge in [-0.2, -0.15) is 0 Å². The molecule has 2 N–H and O–H groups in total. The molecule has 0 aliphatic carbocycles. The molecule has 0 aliphatic heterocycles. The lowest BCUT2D eigenvalue weighted by atomic mass is 10.1. The van der Waals surface area contributed by atoms with E-state index in [1.54, 1.807) is 0 Å². The lowest BCUT2D eigenvalue weighted by Crippen LogP contribution is -2.17. The van der Waals surface area contributed by atoms with E-state index in [0.29, 0.717) is 5.92 Å². The van der Waals surface area contributed by atoms with E-state index < -0.39 is 0 Å². The Hall–Kier alpha value is -0.900. The highest BCUT2D eigenvalue weighted by molar-refractivity contribution is 5.21. The molecule has 0 heterocycles. The molecule has 3 nitrogen and oxygen atoms in total. The molecule has 1 rings (SSSR count). The zero-order valence-corrected chi connectivity index (χ0v) is 11.5. The van der Waals surface area contributed by atoms with E-state index in [1.807, 2.05) is 24.3 Å². The number of benzene rings is 1. The molecule has 0 aliphatic rings. The quantitative estimate of drug-likeness (QED) is 0.662. The maximum absolute atomic E-state index is 8.93. The zero-order valence-electron chi connectivity index (χ0n) is 11.5. The number of hydrogen-bond acceptors (Lipinski definition) is 3. The van der Waals surface area contributed by atoms with Gasteiger partial charge < -0.3 is 15.2 Å². The minimum atomic E-state index is 0.112. The summed E-state index contributed by atoms with van der Waals surface area (Å²) in [5.74, 6) is 0.614. The SMILES string of the molecule is CC(C)COCCCNCc1ccc(CO)cc1. The van der Waals surface area contributed by atoms with Crippen molar-refractivity contribution in [2.75, 3.05) is 19.8 Å². The summed E-state index contributed by atoms with van der Waals surface area (Å²) in [7, 11) is 0. The zero-order chi connectivity index (χ0) is 13.2. The van der Waals surface area contributed by atoms with Gasteiger partial charge in [-0.1, -0.05) is 38.1 Å². The number of aliphatic hydroxyl groups is 1. The second kappa shape index (κ2) is 9.09. The highest BCUT2D eigenvalue weighted by atomic mass is 16.5. The van der Waals surface area contributed by atoms with E-state index in [-0.39, 0.29) is 6.61 Å². The van der Waals surface area contributed by atoms with Gasteiger partial charge in [-0.25, -0.2) is 0 Å². The fraction of sp³-hybridized carbons (Fsp3) is 0.600. The van der Waals surface area contributed by atoms with Gasteiger partial charge in [-0.05, 0) is 30.0 Å². The lowest BCUT2D eigenvalue weighted by molar-refractivity contribution is 0.108. The van der Waals surface area contributed by atoms with Crippen molar-refractivity contribution in [2.45, 2.75) is 33.4 Å². The summed E-state index contributed by atoms with van der Waals surface area (Å²) in [6.07, 6.45) is 1.04. The molecule has 0 amide bonds. The largest absolute Gasteiger partial charge is 0.392 e. The second-order valence-corrected chi connectivity index (χ2v) is 4.97. The molecule has 0 unspecified atom stereocenters. The predicted molar refractivity (Wildman–Crippen MR) is 74.3 cm³/mol. The van der Waals surface area contributed by atoms with Crippen molar-refractivity contribution in [3.05, 3.63) is 35.4 Å². The van der Waals surface area contributed by atoms with Crippen LogP contribution in [0.2, 0.25) is 0 Å². The average molecular weight is 251 g/mol. The van der Waals surface area contributed by atoms with Crippen LogP contribution in [0.1, 0.15) is 31.4 Å². The Bertz CT molecular complexity index is 309. The molecular formula is C15H25NO2. The molecule has 0 saturated heterocycles. The van der Waals surface area contributed by atoms with Crippen molar-refractivity contribution in [1.82, 2.24) is 5.32 Å². The maximum atomic E-state index is 8.93. The van der Waals surface area contributed by atoms with E-state index in [2.05, 4.69) is 19.2 Å². The van der Waals surface area contributed by atoms with Gasteiger partial charge in [0.2, 0.25) is 0 Å². The topological polar surface area (TPSA) is 41.5 Å². The fourth-order valence-electron chi connectivity index (χ4n) is 1.61. The Morgan fingerprint density at radius 1 is 1.17 bits per heavy atom. The summed E-state index contributed by atoms with van der Waals surface area (Å²) >= 11 is 0. The van der Waals surface area contributed by atoms with Crippen LogP contribution in [-0.4, -0.2) is 24.9 Å². The second-order valence-electron chi connectivity index (χ2n) is 4.97. The van der Waals surface area contributed by atoms with Crippen LogP contribution in [0, 0.1) is 5.92 Å². The van der Waals surface area contributed by atoms with Crippen molar-refractivity contribution in [2.24, 2.45) is 5.92 Å². The standard InChI is InChI=1S/C15H25NO2/c1-13(2)12-18-9-3-8-16-10-14-4-6-15(11-17)7-5-14/h4-7,13,16-17H,3,8-12H2,1-2H3. The molecule has 1 aromatic carbocycles. The third kappa shape index (κ3) is 6.74.